The summed E-state index contributed by atoms with van der Waals surface area (Å²) in [5, 5.41) is 19.3. The van der Waals surface area contributed by atoms with E-state index in [1.165, 1.54) is 11.1 Å². The van der Waals surface area contributed by atoms with Crippen molar-refractivity contribution in [2.75, 3.05) is 69.7 Å². The molecule has 1 saturated heterocycles. The van der Waals surface area contributed by atoms with Gasteiger partial charge in [-0.25, -0.2) is 4.79 Å². The Balaban J connectivity index is 0.707. The molecule has 4 N–H and O–H groups in total. The van der Waals surface area contributed by atoms with Crippen molar-refractivity contribution in [3.05, 3.63) is 108 Å². The first kappa shape index (κ1) is 43.2. The zero-order valence-corrected chi connectivity index (χ0v) is 35.7. The predicted octanol–water partition coefficient (Wildman–Crippen LogP) is 7.44. The lowest BCUT2D eigenvalue weighted by molar-refractivity contribution is -0.134. The monoisotopic (exact) mass is 843 g/mol. The maximum absolute atomic E-state index is 13.4. The minimum absolute atomic E-state index is 0.00458. The van der Waals surface area contributed by atoms with Crippen molar-refractivity contribution in [2.45, 2.75) is 76.4 Å². The summed E-state index contributed by atoms with van der Waals surface area (Å²) in [7, 11) is 0. The van der Waals surface area contributed by atoms with Crippen LogP contribution in [0.25, 0.3) is 11.1 Å². The molecule has 4 aromatic rings. The Labute approximate surface area is 365 Å². The number of anilines is 2. The van der Waals surface area contributed by atoms with E-state index in [-0.39, 0.29) is 42.4 Å². The topological polar surface area (TPSA) is 142 Å². The molecule has 8 rings (SSSR count). The number of amides is 3. The summed E-state index contributed by atoms with van der Waals surface area (Å²) >= 11 is 0. The van der Waals surface area contributed by atoms with Crippen LogP contribution in [-0.4, -0.2) is 104 Å². The Bertz CT molecular complexity index is 2130. The molecule has 2 aliphatic heterocycles. The second-order valence-corrected chi connectivity index (χ2v) is 17.3. The highest BCUT2D eigenvalue weighted by Gasteiger charge is 2.42. The zero-order valence-electron chi connectivity index (χ0n) is 35.7. The molecule has 3 amide bonds. The maximum Gasteiger partial charge on any atom is 0.411 e. The van der Waals surface area contributed by atoms with Crippen molar-refractivity contribution in [3.63, 3.8) is 0 Å². The van der Waals surface area contributed by atoms with Gasteiger partial charge in [-0.1, -0.05) is 91.7 Å². The number of carbonyl (C=O) groups is 3. The number of likely N-dealkylation sites (tertiary alicyclic amines) is 1. The van der Waals surface area contributed by atoms with Gasteiger partial charge >= 0.3 is 6.09 Å². The second-order valence-electron chi connectivity index (χ2n) is 17.3. The van der Waals surface area contributed by atoms with Crippen molar-refractivity contribution in [2.24, 2.45) is 11.8 Å². The fourth-order valence-corrected chi connectivity index (χ4v) is 9.88. The van der Waals surface area contributed by atoms with Crippen LogP contribution in [0.5, 0.6) is 11.5 Å². The molecule has 4 aliphatic rings. The first-order valence-electron chi connectivity index (χ1n) is 22.6. The fourth-order valence-electron chi connectivity index (χ4n) is 9.88. The van der Waals surface area contributed by atoms with Gasteiger partial charge in [0.15, 0.2) is 12.4 Å². The number of nitrogens with zero attached hydrogens (tertiary/aromatic N) is 2. The lowest BCUT2D eigenvalue weighted by atomic mass is 10.0. The number of hydrogen-bond donors (Lipinski definition) is 4. The van der Waals surface area contributed by atoms with Gasteiger partial charge in [0.1, 0.15) is 17.5 Å². The quantitative estimate of drug-likeness (QED) is 0.0560. The van der Waals surface area contributed by atoms with Crippen LogP contribution in [0.1, 0.15) is 61.6 Å². The van der Waals surface area contributed by atoms with E-state index in [2.05, 4.69) is 50.0 Å². The summed E-state index contributed by atoms with van der Waals surface area (Å²) < 4.78 is 17.6. The van der Waals surface area contributed by atoms with Crippen LogP contribution in [0.4, 0.5) is 16.2 Å². The highest BCUT2D eigenvalue weighted by atomic mass is 16.6. The van der Waals surface area contributed by atoms with Gasteiger partial charge in [-0.05, 0) is 97.7 Å². The zero-order chi connectivity index (χ0) is 42.7. The van der Waals surface area contributed by atoms with Crippen molar-refractivity contribution in [1.29, 1.82) is 0 Å². The second kappa shape index (κ2) is 21.1. The standard InChI is InChI=1S/C50H61N5O7/c56-45-18-17-38(49-48(45)53-46(57)34-61-49)19-23-51-24-26-55(41-13-4-5-14-41)47(58)22-28-60-27-21-36-10-8-9-35(29-36)20-25-54-32-39-30-42(31-40(39)33-54)62-50(59)52-44-16-7-6-15-43(44)37-11-2-1-3-12-37/h1-3,6-12,15-18,29,39-42,51,56H,4-5,13-14,19-28,30-34H2,(H,52,59)(H,53,57)/t39-,40?,42-/m1/s1. The molecular weight excluding hydrogens is 783 g/mol. The van der Waals surface area contributed by atoms with E-state index in [9.17, 15) is 19.5 Å². The number of aromatic hydroxyl groups is 1. The third-order valence-electron chi connectivity index (χ3n) is 13.0. The van der Waals surface area contributed by atoms with Crippen LogP contribution >= 0.6 is 0 Å². The van der Waals surface area contributed by atoms with Crippen molar-refractivity contribution >= 4 is 29.3 Å². The number of nitrogens with one attached hydrogen (secondary N) is 3. The number of carbonyl (C=O) groups excluding carboxylic acids is 3. The highest BCUT2D eigenvalue weighted by molar-refractivity contribution is 5.97. The van der Waals surface area contributed by atoms with Gasteiger partial charge in [-0.2, -0.15) is 0 Å². The summed E-state index contributed by atoms with van der Waals surface area (Å²) in [6.07, 6.45) is 8.65. The number of ether oxygens (including phenoxy) is 3. The summed E-state index contributed by atoms with van der Waals surface area (Å²) in [5.74, 6) is 1.50. The number of rotatable bonds is 19. The molecule has 2 heterocycles. The van der Waals surface area contributed by atoms with Crippen LogP contribution in [0.15, 0.2) is 91.0 Å². The van der Waals surface area contributed by atoms with E-state index in [4.69, 9.17) is 14.2 Å². The van der Waals surface area contributed by atoms with E-state index in [0.717, 1.165) is 93.4 Å². The fraction of sp³-hybridized carbons (Fsp3) is 0.460. The molecule has 62 heavy (non-hydrogen) atoms. The van der Waals surface area contributed by atoms with Gasteiger partial charge < -0.3 is 39.8 Å². The van der Waals surface area contributed by atoms with Gasteiger partial charge in [-0.3, -0.25) is 14.9 Å². The molecule has 12 nitrogen and oxygen atoms in total. The number of benzene rings is 4. The Morgan fingerprint density at radius 2 is 1.61 bits per heavy atom. The molecule has 0 aromatic heterocycles. The van der Waals surface area contributed by atoms with E-state index in [0.29, 0.717) is 69.0 Å². The van der Waals surface area contributed by atoms with E-state index in [1.807, 2.05) is 60.7 Å². The number of para-hydroxylation sites is 1. The molecular formula is C50H61N5O7. The lowest BCUT2D eigenvalue weighted by Crippen LogP contribution is -2.43. The molecule has 328 valence electrons. The average Bonchev–Trinajstić information content (AvgIpc) is 4.04. The molecule has 4 aromatic carbocycles. The number of hydrogen-bond acceptors (Lipinski definition) is 9. The number of phenolic OH excluding ortho intramolecular Hbond substituents is 1. The Kier molecular flexibility index (Phi) is 14.7. The van der Waals surface area contributed by atoms with Crippen molar-refractivity contribution in [1.82, 2.24) is 15.1 Å². The SMILES string of the molecule is O=C1COc2c(CCNCCN(C(=O)CCOCCc3cccc(CCN4CC5C[C@H](OC(=O)Nc6ccccc6-c6ccccc6)C[C@@H]5C4)c3)C3CCCC3)ccc(O)c2N1. The van der Waals surface area contributed by atoms with E-state index in [1.54, 1.807) is 6.07 Å². The molecule has 3 atom stereocenters. The van der Waals surface area contributed by atoms with Gasteiger partial charge in [0.25, 0.3) is 5.91 Å². The van der Waals surface area contributed by atoms with Crippen LogP contribution in [0, 0.1) is 11.8 Å². The van der Waals surface area contributed by atoms with Gasteiger partial charge in [-0.15, -0.1) is 0 Å². The summed E-state index contributed by atoms with van der Waals surface area (Å²) in [6, 6.07) is 30.4. The molecule has 2 saturated carbocycles. The van der Waals surface area contributed by atoms with E-state index < -0.39 is 0 Å². The predicted molar refractivity (Wildman–Crippen MR) is 240 cm³/mol. The average molecular weight is 844 g/mol. The molecule has 1 unspecified atom stereocenters. The third kappa shape index (κ3) is 11.3. The Hall–Kier alpha value is -5.43. The molecule has 0 bridgehead atoms. The number of fused-ring (bicyclic) bond motifs is 2. The minimum atomic E-state index is -0.380. The normalized spacial score (nSPS) is 19.7. The smallest absolute Gasteiger partial charge is 0.411 e. The van der Waals surface area contributed by atoms with Crippen LogP contribution in [0.2, 0.25) is 0 Å². The van der Waals surface area contributed by atoms with Crippen LogP contribution < -0.4 is 20.7 Å². The van der Waals surface area contributed by atoms with Crippen LogP contribution in [0.3, 0.4) is 0 Å². The van der Waals surface area contributed by atoms with Gasteiger partial charge in [0.05, 0.1) is 25.3 Å². The summed E-state index contributed by atoms with van der Waals surface area (Å²) in [5.41, 5.74) is 6.61. The molecule has 12 heteroatoms. The molecule has 3 fully saturated rings. The first-order valence-corrected chi connectivity index (χ1v) is 22.6. The molecule has 0 radical (unpaired) electrons. The number of phenols is 1. The largest absolute Gasteiger partial charge is 0.506 e. The van der Waals surface area contributed by atoms with Crippen molar-refractivity contribution in [3.8, 4) is 22.6 Å². The maximum atomic E-state index is 13.4. The third-order valence-corrected chi connectivity index (χ3v) is 13.0. The van der Waals surface area contributed by atoms with Gasteiger partial charge in [0, 0.05) is 44.3 Å². The minimum Gasteiger partial charge on any atom is -0.506 e. The summed E-state index contributed by atoms with van der Waals surface area (Å²) in [4.78, 5) is 42.8. The molecule has 2 aliphatic carbocycles. The van der Waals surface area contributed by atoms with Crippen LogP contribution in [-0.2, 0) is 38.3 Å². The first-order chi connectivity index (χ1) is 30.4. The highest BCUT2D eigenvalue weighted by Crippen LogP contribution is 2.41. The Morgan fingerprint density at radius 1 is 0.855 bits per heavy atom. The molecule has 0 spiro atoms. The summed E-state index contributed by atoms with van der Waals surface area (Å²) in [6.45, 7) is 6.03. The Morgan fingerprint density at radius 3 is 2.42 bits per heavy atom. The van der Waals surface area contributed by atoms with Crippen molar-refractivity contribution < 1.29 is 33.7 Å². The lowest BCUT2D eigenvalue weighted by Gasteiger charge is -2.29. The van der Waals surface area contributed by atoms with E-state index >= 15 is 0 Å². The van der Waals surface area contributed by atoms with Gasteiger partial charge in [0.2, 0.25) is 5.91 Å².